The van der Waals surface area contributed by atoms with Gasteiger partial charge in [0.05, 0.1) is 18.5 Å². The Labute approximate surface area is 178 Å². The molecule has 3 heterocycles. The molecular weight excluding hydrogens is 396 g/mol. The molecule has 0 aliphatic heterocycles. The van der Waals surface area contributed by atoms with Crippen LogP contribution in [-0.4, -0.2) is 27.8 Å². The van der Waals surface area contributed by atoms with Crippen molar-refractivity contribution in [2.45, 2.75) is 33.1 Å². The first-order valence-electron chi connectivity index (χ1n) is 9.94. The summed E-state index contributed by atoms with van der Waals surface area (Å²) >= 11 is 1.36. The molecule has 0 unspecified atom stereocenters. The van der Waals surface area contributed by atoms with Crippen LogP contribution in [0.4, 0.5) is 5.69 Å². The van der Waals surface area contributed by atoms with E-state index in [1.165, 1.54) is 21.6 Å². The van der Waals surface area contributed by atoms with Gasteiger partial charge in [0.25, 0.3) is 5.91 Å². The highest BCUT2D eigenvalue weighted by Crippen LogP contribution is 2.44. The fourth-order valence-electron chi connectivity index (χ4n) is 4.31. The van der Waals surface area contributed by atoms with Crippen LogP contribution < -0.4 is 10.5 Å². The van der Waals surface area contributed by atoms with Gasteiger partial charge in [0.1, 0.15) is 15.5 Å². The molecule has 5 rings (SSSR count). The molecule has 1 aliphatic rings. The second-order valence-corrected chi connectivity index (χ2v) is 8.66. The molecule has 0 fully saturated rings. The molecule has 6 nitrogen and oxygen atoms in total. The van der Waals surface area contributed by atoms with Crippen LogP contribution in [0.1, 0.15) is 38.7 Å². The average Bonchev–Trinajstić information content (AvgIpc) is 3.43. The molecule has 2 N–H and O–H groups in total. The van der Waals surface area contributed by atoms with E-state index in [1.54, 1.807) is 7.11 Å². The standard InChI is InChI=1S/C23H22N4O2S/c1-12-11-13(2)27(26-12)23(28)21-20(24)19-18(14-7-9-15(29-3)10-8-14)16-5-4-6-17(16)25-22(19)30-21/h7-11H,4-6,24H2,1-3H3. The van der Waals surface area contributed by atoms with E-state index < -0.39 is 0 Å². The lowest BCUT2D eigenvalue weighted by atomic mass is 9.95. The third kappa shape index (κ3) is 2.81. The van der Waals surface area contributed by atoms with Gasteiger partial charge in [-0.25, -0.2) is 9.67 Å². The van der Waals surface area contributed by atoms with Crippen molar-refractivity contribution in [2.24, 2.45) is 0 Å². The van der Waals surface area contributed by atoms with Crippen molar-refractivity contribution >= 4 is 33.1 Å². The first-order valence-corrected chi connectivity index (χ1v) is 10.8. The summed E-state index contributed by atoms with van der Waals surface area (Å²) in [5, 5.41) is 5.21. The van der Waals surface area contributed by atoms with Crippen molar-refractivity contribution in [3.8, 4) is 16.9 Å². The number of ether oxygens (including phenoxy) is 1. The van der Waals surface area contributed by atoms with Gasteiger partial charge in [0.2, 0.25) is 0 Å². The normalized spacial score (nSPS) is 13.0. The van der Waals surface area contributed by atoms with E-state index in [2.05, 4.69) is 5.10 Å². The number of methoxy groups -OCH3 is 1. The fourth-order valence-corrected chi connectivity index (χ4v) is 5.36. The Kier molecular flexibility index (Phi) is 4.36. The number of nitrogens with zero attached hydrogens (tertiary/aromatic N) is 3. The molecule has 4 aromatic rings. The number of rotatable bonds is 3. The first kappa shape index (κ1) is 18.8. The summed E-state index contributed by atoms with van der Waals surface area (Å²) < 4.78 is 6.75. The Balaban J connectivity index is 1.75. The fraction of sp³-hybridized carbons (Fsp3) is 0.261. The summed E-state index contributed by atoms with van der Waals surface area (Å²) in [7, 11) is 1.66. The van der Waals surface area contributed by atoms with Crippen molar-refractivity contribution in [1.82, 2.24) is 14.8 Å². The zero-order valence-corrected chi connectivity index (χ0v) is 18.0. The number of fused-ring (bicyclic) bond motifs is 2. The van der Waals surface area contributed by atoms with Gasteiger partial charge in [-0.2, -0.15) is 5.10 Å². The zero-order chi connectivity index (χ0) is 21.0. The maximum absolute atomic E-state index is 13.2. The Morgan fingerprint density at radius 1 is 1.20 bits per heavy atom. The van der Waals surface area contributed by atoms with Gasteiger partial charge in [0, 0.05) is 16.8 Å². The Morgan fingerprint density at radius 2 is 1.97 bits per heavy atom. The quantitative estimate of drug-likeness (QED) is 0.528. The molecule has 0 bridgehead atoms. The van der Waals surface area contributed by atoms with Crippen LogP contribution in [0.5, 0.6) is 5.75 Å². The number of nitrogens with two attached hydrogens (primary N) is 1. The lowest BCUT2D eigenvalue weighted by Crippen LogP contribution is -2.15. The molecule has 0 amide bonds. The van der Waals surface area contributed by atoms with Crippen molar-refractivity contribution in [3.63, 3.8) is 0 Å². The van der Waals surface area contributed by atoms with Gasteiger partial charge in [-0.3, -0.25) is 4.79 Å². The third-order valence-electron chi connectivity index (χ3n) is 5.68. The van der Waals surface area contributed by atoms with E-state index in [9.17, 15) is 4.79 Å². The third-order valence-corrected chi connectivity index (χ3v) is 6.77. The van der Waals surface area contributed by atoms with Crippen LogP contribution in [0.15, 0.2) is 30.3 Å². The van der Waals surface area contributed by atoms with Crippen LogP contribution in [0.3, 0.4) is 0 Å². The van der Waals surface area contributed by atoms with Crippen LogP contribution in [0.2, 0.25) is 0 Å². The summed E-state index contributed by atoms with van der Waals surface area (Å²) in [6.07, 6.45) is 3.00. The summed E-state index contributed by atoms with van der Waals surface area (Å²) in [6.45, 7) is 3.75. The van der Waals surface area contributed by atoms with Gasteiger partial charge in [0.15, 0.2) is 0 Å². The largest absolute Gasteiger partial charge is 0.497 e. The summed E-state index contributed by atoms with van der Waals surface area (Å²) in [4.78, 5) is 19.4. The predicted octanol–water partition coefficient (Wildman–Crippen LogP) is 4.54. The van der Waals surface area contributed by atoms with E-state index >= 15 is 0 Å². The smallest absolute Gasteiger partial charge is 0.290 e. The number of hydrogen-bond acceptors (Lipinski definition) is 6. The molecule has 1 aromatic carbocycles. The Bertz CT molecular complexity index is 1300. The number of thiophene rings is 1. The van der Waals surface area contributed by atoms with Crippen LogP contribution >= 0.6 is 11.3 Å². The molecular formula is C23H22N4O2S. The number of hydrogen-bond donors (Lipinski definition) is 1. The van der Waals surface area contributed by atoms with Gasteiger partial charge >= 0.3 is 0 Å². The van der Waals surface area contributed by atoms with Crippen molar-refractivity contribution in [1.29, 1.82) is 0 Å². The van der Waals surface area contributed by atoms with E-state index in [0.29, 0.717) is 10.6 Å². The number of benzene rings is 1. The summed E-state index contributed by atoms with van der Waals surface area (Å²) in [6, 6.07) is 9.88. The molecule has 0 spiro atoms. The molecule has 30 heavy (non-hydrogen) atoms. The maximum atomic E-state index is 13.2. The number of carbonyl (C=O) groups excluding carboxylic acids is 1. The number of aryl methyl sites for hydroxylation is 3. The zero-order valence-electron chi connectivity index (χ0n) is 17.2. The van der Waals surface area contributed by atoms with E-state index in [1.807, 2.05) is 44.2 Å². The Hall–Kier alpha value is -3.19. The minimum Gasteiger partial charge on any atom is -0.497 e. The van der Waals surface area contributed by atoms with Crippen LogP contribution in [0, 0.1) is 13.8 Å². The highest BCUT2D eigenvalue weighted by Gasteiger charge is 2.27. The monoisotopic (exact) mass is 418 g/mol. The van der Waals surface area contributed by atoms with Gasteiger partial charge in [-0.05, 0) is 68.0 Å². The Morgan fingerprint density at radius 3 is 2.63 bits per heavy atom. The second-order valence-electron chi connectivity index (χ2n) is 7.66. The highest BCUT2D eigenvalue weighted by atomic mass is 32.1. The maximum Gasteiger partial charge on any atom is 0.290 e. The molecule has 152 valence electrons. The molecule has 0 atom stereocenters. The first-order chi connectivity index (χ1) is 14.5. The number of aromatic nitrogens is 3. The minimum atomic E-state index is -0.207. The SMILES string of the molecule is COc1ccc(-c2c3c(nc4sc(C(=O)n5nc(C)cc5C)c(N)c24)CCC3)cc1. The molecule has 0 saturated heterocycles. The number of anilines is 1. The van der Waals surface area contributed by atoms with Crippen LogP contribution in [0.25, 0.3) is 21.3 Å². The number of carbonyl (C=O) groups is 1. The summed E-state index contributed by atoms with van der Waals surface area (Å²) in [5.41, 5.74) is 13.2. The van der Waals surface area contributed by atoms with Gasteiger partial charge in [-0.1, -0.05) is 12.1 Å². The van der Waals surface area contributed by atoms with Crippen molar-refractivity contribution in [2.75, 3.05) is 12.8 Å². The number of pyridine rings is 1. The lowest BCUT2D eigenvalue weighted by molar-refractivity contribution is 0.0947. The predicted molar refractivity (Wildman–Crippen MR) is 119 cm³/mol. The molecule has 1 aliphatic carbocycles. The van der Waals surface area contributed by atoms with E-state index in [4.69, 9.17) is 15.5 Å². The molecule has 0 saturated carbocycles. The second kappa shape index (κ2) is 6.95. The molecule has 7 heteroatoms. The minimum absolute atomic E-state index is 0.207. The van der Waals surface area contributed by atoms with Gasteiger partial charge in [-0.15, -0.1) is 11.3 Å². The van der Waals surface area contributed by atoms with E-state index in [-0.39, 0.29) is 5.91 Å². The van der Waals surface area contributed by atoms with Crippen LogP contribution in [-0.2, 0) is 12.8 Å². The molecule has 0 radical (unpaired) electrons. The van der Waals surface area contributed by atoms with Crippen molar-refractivity contribution in [3.05, 3.63) is 57.9 Å². The van der Waals surface area contributed by atoms with E-state index in [0.717, 1.165) is 63.4 Å². The molecule has 3 aromatic heterocycles. The lowest BCUT2D eigenvalue weighted by Gasteiger charge is -2.12. The topological polar surface area (TPSA) is 83.0 Å². The van der Waals surface area contributed by atoms with Gasteiger partial charge < -0.3 is 10.5 Å². The summed E-state index contributed by atoms with van der Waals surface area (Å²) in [5.74, 6) is 0.598. The highest BCUT2D eigenvalue weighted by molar-refractivity contribution is 7.21. The number of nitrogen functional groups attached to an aromatic ring is 1. The van der Waals surface area contributed by atoms with Crippen molar-refractivity contribution < 1.29 is 9.53 Å². The average molecular weight is 419 g/mol.